The number of aromatic amines is 1. The molecule has 1 aromatic heterocycles. The zero-order valence-electron chi connectivity index (χ0n) is 10.7. The van der Waals surface area contributed by atoms with Crippen molar-refractivity contribution in [2.75, 3.05) is 12.4 Å². The molecule has 7 nitrogen and oxygen atoms in total. The van der Waals surface area contributed by atoms with Crippen LogP contribution in [0.25, 0.3) is 0 Å². The Labute approximate surface area is 119 Å². The summed E-state index contributed by atoms with van der Waals surface area (Å²) >= 11 is 5.86. The summed E-state index contributed by atoms with van der Waals surface area (Å²) in [5.74, 6) is -0.655. The molecule has 8 heteroatoms. The van der Waals surface area contributed by atoms with Gasteiger partial charge in [-0.05, 0) is 25.1 Å². The van der Waals surface area contributed by atoms with Gasteiger partial charge >= 0.3 is 5.97 Å². The highest BCUT2D eigenvalue weighted by molar-refractivity contribution is 6.31. The number of hydrogen-bond donors (Lipinski definition) is 2. The van der Waals surface area contributed by atoms with Crippen molar-refractivity contribution >= 4 is 29.2 Å². The van der Waals surface area contributed by atoms with Crippen LogP contribution in [0.4, 0.5) is 5.69 Å². The van der Waals surface area contributed by atoms with Crippen LogP contribution in [-0.4, -0.2) is 34.2 Å². The second-order valence-electron chi connectivity index (χ2n) is 3.88. The summed E-state index contributed by atoms with van der Waals surface area (Å²) in [6.45, 7) is 1.67. The number of aromatic nitrogens is 3. The predicted octanol–water partition coefficient (Wildman–Crippen LogP) is 1.81. The third-order valence-electron chi connectivity index (χ3n) is 2.44. The molecule has 1 aromatic carbocycles. The van der Waals surface area contributed by atoms with E-state index in [1.165, 1.54) is 25.3 Å². The fourth-order valence-corrected chi connectivity index (χ4v) is 1.70. The SMILES string of the molecule is COC(=O)c1ccc(Cl)cc1NC(=O)c1n[nH]c(C)n1. The number of nitrogens with one attached hydrogen (secondary N) is 2. The molecule has 104 valence electrons. The van der Waals surface area contributed by atoms with Crippen LogP contribution in [0.2, 0.25) is 5.02 Å². The van der Waals surface area contributed by atoms with Crippen molar-refractivity contribution in [2.24, 2.45) is 0 Å². The van der Waals surface area contributed by atoms with Gasteiger partial charge in [-0.15, -0.1) is 5.10 Å². The van der Waals surface area contributed by atoms with Gasteiger partial charge in [0.2, 0.25) is 5.82 Å². The van der Waals surface area contributed by atoms with Gasteiger partial charge in [-0.2, -0.15) is 0 Å². The molecule has 1 heterocycles. The summed E-state index contributed by atoms with van der Waals surface area (Å²) in [7, 11) is 1.25. The number of carbonyl (C=O) groups excluding carboxylic acids is 2. The lowest BCUT2D eigenvalue weighted by molar-refractivity contribution is 0.0602. The van der Waals surface area contributed by atoms with Crippen LogP contribution in [0.15, 0.2) is 18.2 Å². The molecule has 2 N–H and O–H groups in total. The van der Waals surface area contributed by atoms with Crippen LogP contribution in [0.5, 0.6) is 0 Å². The Morgan fingerprint density at radius 2 is 2.15 bits per heavy atom. The predicted molar refractivity (Wildman–Crippen MR) is 71.9 cm³/mol. The molecule has 1 amide bonds. The minimum atomic E-state index is -0.580. The first kappa shape index (κ1) is 14.0. The highest BCUT2D eigenvalue weighted by Crippen LogP contribution is 2.22. The summed E-state index contributed by atoms with van der Waals surface area (Å²) < 4.78 is 4.64. The first-order valence-electron chi connectivity index (χ1n) is 5.59. The van der Waals surface area contributed by atoms with Gasteiger partial charge < -0.3 is 10.1 Å². The van der Waals surface area contributed by atoms with E-state index in [2.05, 4.69) is 25.2 Å². The lowest BCUT2D eigenvalue weighted by Crippen LogP contribution is -2.16. The van der Waals surface area contributed by atoms with Crippen LogP contribution >= 0.6 is 11.6 Å². The van der Waals surface area contributed by atoms with E-state index in [1.54, 1.807) is 6.92 Å². The van der Waals surface area contributed by atoms with Gasteiger partial charge in [0.25, 0.3) is 5.91 Å². The maximum absolute atomic E-state index is 12.0. The Morgan fingerprint density at radius 1 is 1.40 bits per heavy atom. The Morgan fingerprint density at radius 3 is 2.75 bits per heavy atom. The molecule has 0 aliphatic heterocycles. The second-order valence-corrected chi connectivity index (χ2v) is 4.32. The first-order chi connectivity index (χ1) is 9.51. The maximum atomic E-state index is 12.0. The molecule has 20 heavy (non-hydrogen) atoms. The molecule has 2 rings (SSSR count). The van der Waals surface area contributed by atoms with E-state index in [0.717, 1.165) is 0 Å². The molecule has 0 spiro atoms. The number of hydrogen-bond acceptors (Lipinski definition) is 5. The van der Waals surface area contributed by atoms with Gasteiger partial charge in [0.1, 0.15) is 5.82 Å². The number of anilines is 1. The van der Waals surface area contributed by atoms with Gasteiger partial charge in [0.05, 0.1) is 18.4 Å². The van der Waals surface area contributed by atoms with Crippen molar-refractivity contribution in [3.05, 3.63) is 40.4 Å². The van der Waals surface area contributed by atoms with Crippen LogP contribution in [0, 0.1) is 6.92 Å². The number of methoxy groups -OCH3 is 1. The van der Waals surface area contributed by atoms with E-state index in [4.69, 9.17) is 11.6 Å². The van der Waals surface area contributed by atoms with Gasteiger partial charge in [-0.3, -0.25) is 9.89 Å². The van der Waals surface area contributed by atoms with Gasteiger partial charge in [0, 0.05) is 5.02 Å². The smallest absolute Gasteiger partial charge is 0.339 e. The molecule has 0 bridgehead atoms. The Balaban J connectivity index is 2.30. The van der Waals surface area contributed by atoms with Crippen molar-refractivity contribution in [3.63, 3.8) is 0 Å². The maximum Gasteiger partial charge on any atom is 0.339 e. The van der Waals surface area contributed by atoms with Crippen molar-refractivity contribution in [1.29, 1.82) is 0 Å². The standard InChI is InChI=1S/C12H11ClN4O3/c1-6-14-10(17-16-6)11(18)15-9-5-7(13)3-4-8(9)12(19)20-2/h3-5H,1-2H3,(H,15,18)(H,14,16,17). The molecule has 0 fully saturated rings. The van der Waals surface area contributed by atoms with E-state index in [-0.39, 0.29) is 17.1 Å². The van der Waals surface area contributed by atoms with Crippen LogP contribution in [0.3, 0.4) is 0 Å². The molecule has 0 atom stereocenters. The summed E-state index contributed by atoms with van der Waals surface area (Å²) in [5, 5.41) is 9.19. The number of H-pyrrole nitrogens is 1. The van der Waals surface area contributed by atoms with E-state index in [9.17, 15) is 9.59 Å². The molecule has 0 radical (unpaired) electrons. The number of nitrogens with zero attached hydrogens (tertiary/aromatic N) is 2. The highest BCUT2D eigenvalue weighted by Gasteiger charge is 2.17. The number of aryl methyl sites for hydroxylation is 1. The van der Waals surface area contributed by atoms with E-state index >= 15 is 0 Å². The number of benzene rings is 1. The molecular weight excluding hydrogens is 284 g/mol. The minimum absolute atomic E-state index is 0.0294. The summed E-state index contributed by atoms with van der Waals surface area (Å²) in [5.41, 5.74) is 0.425. The lowest BCUT2D eigenvalue weighted by Gasteiger charge is -2.08. The topological polar surface area (TPSA) is 97.0 Å². The molecule has 0 saturated heterocycles. The van der Waals surface area contributed by atoms with E-state index in [0.29, 0.717) is 10.8 Å². The van der Waals surface area contributed by atoms with Crippen molar-refractivity contribution in [3.8, 4) is 0 Å². The zero-order chi connectivity index (χ0) is 14.7. The summed E-state index contributed by atoms with van der Waals surface area (Å²) in [6, 6.07) is 4.44. The minimum Gasteiger partial charge on any atom is -0.465 e. The lowest BCUT2D eigenvalue weighted by atomic mass is 10.2. The number of rotatable bonds is 3. The van der Waals surface area contributed by atoms with E-state index < -0.39 is 11.9 Å². The highest BCUT2D eigenvalue weighted by atomic mass is 35.5. The van der Waals surface area contributed by atoms with Crippen molar-refractivity contribution < 1.29 is 14.3 Å². The summed E-state index contributed by atoms with van der Waals surface area (Å²) in [4.78, 5) is 27.5. The summed E-state index contributed by atoms with van der Waals surface area (Å²) in [6.07, 6.45) is 0. The number of amides is 1. The van der Waals surface area contributed by atoms with E-state index in [1.807, 2.05) is 0 Å². The average molecular weight is 295 g/mol. The van der Waals surface area contributed by atoms with Crippen molar-refractivity contribution in [1.82, 2.24) is 15.2 Å². The third kappa shape index (κ3) is 2.94. The average Bonchev–Trinajstić information content (AvgIpc) is 2.85. The van der Waals surface area contributed by atoms with Gasteiger partial charge in [-0.1, -0.05) is 11.6 Å². The molecule has 2 aromatic rings. The molecule has 0 unspecified atom stereocenters. The van der Waals surface area contributed by atoms with Gasteiger partial charge in [-0.25, -0.2) is 9.78 Å². The second kappa shape index (κ2) is 5.70. The van der Waals surface area contributed by atoms with Gasteiger partial charge in [0.15, 0.2) is 0 Å². The van der Waals surface area contributed by atoms with Crippen LogP contribution in [0.1, 0.15) is 26.8 Å². The van der Waals surface area contributed by atoms with Crippen LogP contribution in [-0.2, 0) is 4.74 Å². The fraction of sp³-hybridized carbons (Fsp3) is 0.167. The molecule has 0 saturated carbocycles. The Hall–Kier alpha value is -2.41. The number of carbonyl (C=O) groups is 2. The molecule has 0 aliphatic rings. The number of ether oxygens (including phenoxy) is 1. The Kier molecular flexibility index (Phi) is 3.99. The number of esters is 1. The Bertz CT molecular complexity index is 668. The molecule has 0 aliphatic carbocycles. The zero-order valence-corrected chi connectivity index (χ0v) is 11.5. The fourth-order valence-electron chi connectivity index (χ4n) is 1.53. The first-order valence-corrected chi connectivity index (χ1v) is 5.97. The van der Waals surface area contributed by atoms with Crippen molar-refractivity contribution in [2.45, 2.75) is 6.92 Å². The monoisotopic (exact) mass is 294 g/mol. The number of halogens is 1. The largest absolute Gasteiger partial charge is 0.465 e. The normalized spacial score (nSPS) is 10.2. The molecular formula is C12H11ClN4O3. The quantitative estimate of drug-likeness (QED) is 0.841. The third-order valence-corrected chi connectivity index (χ3v) is 2.67. The van der Waals surface area contributed by atoms with Crippen LogP contribution < -0.4 is 5.32 Å².